The molecule has 0 aromatic carbocycles. The maximum absolute atomic E-state index is 5.03. The molecule has 0 unspecified atom stereocenters. The lowest BCUT2D eigenvalue weighted by Crippen LogP contribution is -1.68. The van der Waals surface area contributed by atoms with Crippen LogP contribution in [0.25, 0.3) is 0 Å². The van der Waals surface area contributed by atoms with Gasteiger partial charge in [0.25, 0.3) is 0 Å². The fraction of sp³-hybridized carbons (Fsp3) is 0.333. The van der Waals surface area contributed by atoms with Crippen molar-refractivity contribution in [2.45, 2.75) is 6.10 Å². The molecule has 0 spiro atoms. The van der Waals surface area contributed by atoms with Crippen molar-refractivity contribution in [1.29, 1.82) is 0 Å². The van der Waals surface area contributed by atoms with E-state index in [4.69, 9.17) is 9.15 Å². The molecule has 1 aliphatic heterocycles. The van der Waals surface area contributed by atoms with Gasteiger partial charge in [0.15, 0.2) is 0 Å². The van der Waals surface area contributed by atoms with Gasteiger partial charge in [0.05, 0.1) is 12.9 Å². The highest BCUT2D eigenvalue weighted by Gasteiger charge is 2.26. The minimum atomic E-state index is 0.269. The Morgan fingerprint density at radius 1 is 1.62 bits per heavy atom. The highest BCUT2D eigenvalue weighted by atomic mass is 16.6. The first-order valence-corrected chi connectivity index (χ1v) is 2.62. The van der Waals surface area contributed by atoms with E-state index < -0.39 is 0 Å². The SMILES string of the molecule is c1coc([C@H]2CO2)c1. The highest BCUT2D eigenvalue weighted by molar-refractivity contribution is 5.05. The van der Waals surface area contributed by atoms with Crippen LogP contribution in [-0.4, -0.2) is 6.61 Å². The third-order valence-electron chi connectivity index (χ3n) is 1.19. The van der Waals surface area contributed by atoms with E-state index in [1.165, 1.54) is 0 Å². The van der Waals surface area contributed by atoms with Crippen molar-refractivity contribution in [3.63, 3.8) is 0 Å². The Kier molecular flexibility index (Phi) is 0.704. The Morgan fingerprint density at radius 3 is 3.00 bits per heavy atom. The molecule has 0 radical (unpaired) electrons. The van der Waals surface area contributed by atoms with Crippen molar-refractivity contribution in [3.8, 4) is 0 Å². The first-order valence-electron chi connectivity index (χ1n) is 2.62. The molecule has 2 heteroatoms. The zero-order valence-electron chi connectivity index (χ0n) is 4.33. The van der Waals surface area contributed by atoms with Crippen molar-refractivity contribution < 1.29 is 9.15 Å². The Balaban J connectivity index is 2.28. The summed E-state index contributed by atoms with van der Waals surface area (Å²) in [5.41, 5.74) is 0. The second-order valence-electron chi connectivity index (χ2n) is 1.84. The van der Waals surface area contributed by atoms with Gasteiger partial charge < -0.3 is 9.15 Å². The molecule has 1 atom stereocenters. The summed E-state index contributed by atoms with van der Waals surface area (Å²) in [7, 11) is 0. The molecular weight excluding hydrogens is 104 g/mol. The van der Waals surface area contributed by atoms with Crippen LogP contribution in [-0.2, 0) is 4.74 Å². The average molecular weight is 110 g/mol. The molecule has 1 saturated heterocycles. The Hall–Kier alpha value is -0.760. The summed E-state index contributed by atoms with van der Waals surface area (Å²) in [6, 6.07) is 3.80. The molecule has 0 saturated carbocycles. The molecule has 8 heavy (non-hydrogen) atoms. The third-order valence-corrected chi connectivity index (χ3v) is 1.19. The summed E-state index contributed by atoms with van der Waals surface area (Å²) in [6.07, 6.45) is 1.93. The maximum atomic E-state index is 5.03. The second kappa shape index (κ2) is 1.36. The average Bonchev–Trinajstić information content (AvgIpc) is 2.49. The number of epoxide rings is 1. The number of rotatable bonds is 1. The standard InChI is InChI=1S/C6H6O2/c1-2-5(7-3-1)6-4-8-6/h1-3,6H,4H2/t6-/m1/s1. The van der Waals surface area contributed by atoms with E-state index in [1.54, 1.807) is 6.26 Å². The molecule has 1 aliphatic rings. The number of furan rings is 1. The topological polar surface area (TPSA) is 25.7 Å². The van der Waals surface area contributed by atoms with Gasteiger partial charge in [0, 0.05) is 0 Å². The molecule has 2 heterocycles. The largest absolute Gasteiger partial charge is 0.466 e. The normalized spacial score (nSPS) is 25.8. The molecule has 2 nitrogen and oxygen atoms in total. The Bertz CT molecular complexity index is 163. The smallest absolute Gasteiger partial charge is 0.138 e. The van der Waals surface area contributed by atoms with Crippen LogP contribution in [0.1, 0.15) is 11.9 Å². The van der Waals surface area contributed by atoms with Gasteiger partial charge in [-0.3, -0.25) is 0 Å². The molecule has 0 bridgehead atoms. The maximum Gasteiger partial charge on any atom is 0.138 e. The quantitative estimate of drug-likeness (QED) is 0.510. The lowest BCUT2D eigenvalue weighted by molar-refractivity contribution is 0.370. The van der Waals surface area contributed by atoms with Gasteiger partial charge in [-0.15, -0.1) is 0 Å². The predicted molar refractivity (Wildman–Crippen MR) is 27.4 cm³/mol. The van der Waals surface area contributed by atoms with Crippen LogP contribution in [0, 0.1) is 0 Å². The second-order valence-corrected chi connectivity index (χ2v) is 1.84. The lowest BCUT2D eigenvalue weighted by atomic mass is 10.4. The molecule has 42 valence electrons. The predicted octanol–water partition coefficient (Wildman–Crippen LogP) is 1.35. The fourth-order valence-electron chi connectivity index (χ4n) is 0.687. The third kappa shape index (κ3) is 0.537. The van der Waals surface area contributed by atoms with E-state index >= 15 is 0 Å². The van der Waals surface area contributed by atoms with Crippen molar-refractivity contribution in [1.82, 2.24) is 0 Å². The van der Waals surface area contributed by atoms with Crippen LogP contribution < -0.4 is 0 Å². The van der Waals surface area contributed by atoms with Gasteiger partial charge in [0.1, 0.15) is 11.9 Å². The van der Waals surface area contributed by atoms with Gasteiger partial charge >= 0.3 is 0 Å². The molecule has 0 N–H and O–H groups in total. The van der Waals surface area contributed by atoms with Gasteiger partial charge in [-0.2, -0.15) is 0 Å². The number of hydrogen-bond acceptors (Lipinski definition) is 2. The Morgan fingerprint density at radius 2 is 2.50 bits per heavy atom. The van der Waals surface area contributed by atoms with Gasteiger partial charge in [-0.05, 0) is 12.1 Å². The van der Waals surface area contributed by atoms with Crippen LogP contribution in [0.3, 0.4) is 0 Å². The summed E-state index contributed by atoms with van der Waals surface area (Å²) in [5.74, 6) is 0.949. The van der Waals surface area contributed by atoms with Gasteiger partial charge in [-0.1, -0.05) is 0 Å². The van der Waals surface area contributed by atoms with E-state index in [9.17, 15) is 0 Å². The van der Waals surface area contributed by atoms with Gasteiger partial charge in [-0.25, -0.2) is 0 Å². The summed E-state index contributed by atoms with van der Waals surface area (Å²) in [4.78, 5) is 0. The van der Waals surface area contributed by atoms with Crippen LogP contribution in [0.2, 0.25) is 0 Å². The molecular formula is C6H6O2. The zero-order valence-corrected chi connectivity index (χ0v) is 4.33. The van der Waals surface area contributed by atoms with Crippen LogP contribution in [0.4, 0.5) is 0 Å². The van der Waals surface area contributed by atoms with Crippen LogP contribution in [0.15, 0.2) is 22.8 Å². The summed E-state index contributed by atoms with van der Waals surface area (Å²) < 4.78 is 9.99. The van der Waals surface area contributed by atoms with Crippen molar-refractivity contribution >= 4 is 0 Å². The van der Waals surface area contributed by atoms with Crippen LogP contribution in [0.5, 0.6) is 0 Å². The molecule has 1 aromatic rings. The van der Waals surface area contributed by atoms with Crippen molar-refractivity contribution in [3.05, 3.63) is 24.2 Å². The molecule has 2 rings (SSSR count). The minimum absolute atomic E-state index is 0.269. The summed E-state index contributed by atoms with van der Waals surface area (Å²) in [6.45, 7) is 0.827. The molecule has 1 fully saturated rings. The highest BCUT2D eigenvalue weighted by Crippen LogP contribution is 2.29. The van der Waals surface area contributed by atoms with E-state index in [2.05, 4.69) is 0 Å². The lowest BCUT2D eigenvalue weighted by Gasteiger charge is -1.79. The van der Waals surface area contributed by atoms with Gasteiger partial charge in [0.2, 0.25) is 0 Å². The number of ether oxygens (including phenoxy) is 1. The van der Waals surface area contributed by atoms with Crippen molar-refractivity contribution in [2.75, 3.05) is 6.61 Å². The fourth-order valence-corrected chi connectivity index (χ4v) is 0.687. The molecule has 0 amide bonds. The van der Waals surface area contributed by atoms with Crippen molar-refractivity contribution in [2.24, 2.45) is 0 Å². The first-order chi connectivity index (χ1) is 3.97. The minimum Gasteiger partial charge on any atom is -0.466 e. The Labute approximate surface area is 47.1 Å². The van der Waals surface area contributed by atoms with Crippen LogP contribution >= 0.6 is 0 Å². The summed E-state index contributed by atoms with van der Waals surface area (Å²) >= 11 is 0. The first kappa shape index (κ1) is 4.15. The zero-order chi connectivity index (χ0) is 5.40. The van der Waals surface area contributed by atoms with E-state index in [-0.39, 0.29) is 6.10 Å². The molecule has 0 aliphatic carbocycles. The van der Waals surface area contributed by atoms with E-state index in [1.807, 2.05) is 12.1 Å². The number of hydrogen-bond donors (Lipinski definition) is 0. The van der Waals surface area contributed by atoms with E-state index in [0.717, 1.165) is 12.4 Å². The monoisotopic (exact) mass is 110 g/mol. The molecule has 1 aromatic heterocycles. The summed E-state index contributed by atoms with van der Waals surface area (Å²) in [5, 5.41) is 0. The van der Waals surface area contributed by atoms with E-state index in [0.29, 0.717) is 0 Å².